The van der Waals surface area contributed by atoms with Crippen LogP contribution in [0.2, 0.25) is 0 Å². The average Bonchev–Trinajstić information content (AvgIpc) is 2.63. The van der Waals surface area contributed by atoms with E-state index in [1.807, 2.05) is 18.0 Å². The predicted octanol–water partition coefficient (Wildman–Crippen LogP) is 1.61. The Morgan fingerprint density at radius 3 is 2.67 bits per heavy atom. The third kappa shape index (κ3) is 3.51. The molecule has 0 fully saturated rings. The van der Waals surface area contributed by atoms with Crippen LogP contribution in [-0.4, -0.2) is 28.9 Å². The van der Waals surface area contributed by atoms with E-state index in [-0.39, 0.29) is 0 Å². The predicted molar refractivity (Wildman–Crippen MR) is 65.1 cm³/mol. The highest BCUT2D eigenvalue weighted by atomic mass is 32.1. The van der Waals surface area contributed by atoms with E-state index in [0.29, 0.717) is 12.5 Å². The van der Waals surface area contributed by atoms with Crippen LogP contribution in [-0.2, 0) is 6.54 Å². The van der Waals surface area contributed by atoms with Crippen LogP contribution >= 0.6 is 11.3 Å². The zero-order valence-electron chi connectivity index (χ0n) is 9.53. The molecule has 0 aliphatic heterocycles. The van der Waals surface area contributed by atoms with Crippen molar-refractivity contribution < 1.29 is 0 Å². The number of hydrogen-bond donors (Lipinski definition) is 1. The van der Waals surface area contributed by atoms with E-state index < -0.39 is 0 Å². The fourth-order valence-corrected chi connectivity index (χ4v) is 1.98. The zero-order valence-corrected chi connectivity index (χ0v) is 10.3. The Kier molecular flexibility index (Phi) is 4.55. The van der Waals surface area contributed by atoms with Crippen molar-refractivity contribution >= 4 is 17.3 Å². The van der Waals surface area contributed by atoms with Gasteiger partial charge in [0.05, 0.1) is 6.54 Å². The van der Waals surface area contributed by atoms with Gasteiger partial charge in [-0.05, 0) is 20.8 Å². The monoisotopic (exact) mass is 226 g/mol. The van der Waals surface area contributed by atoms with Crippen molar-refractivity contribution in [2.24, 2.45) is 10.7 Å². The molecule has 0 aliphatic carbocycles. The molecule has 0 atom stereocenters. The summed E-state index contributed by atoms with van der Waals surface area (Å²) in [5.41, 5.74) is 5.85. The van der Waals surface area contributed by atoms with E-state index >= 15 is 0 Å². The minimum Gasteiger partial charge on any atom is -0.370 e. The van der Waals surface area contributed by atoms with Gasteiger partial charge in [0.15, 0.2) is 5.96 Å². The summed E-state index contributed by atoms with van der Waals surface area (Å²) in [5, 5.41) is 1.02. The molecule has 0 aliphatic rings. The van der Waals surface area contributed by atoms with Crippen molar-refractivity contribution in [1.29, 1.82) is 0 Å². The zero-order chi connectivity index (χ0) is 11.3. The van der Waals surface area contributed by atoms with Crippen molar-refractivity contribution in [3.8, 4) is 0 Å². The van der Waals surface area contributed by atoms with Crippen LogP contribution in [0, 0.1) is 6.92 Å². The fourth-order valence-electron chi connectivity index (χ4n) is 1.27. The molecule has 0 bridgehead atoms. The van der Waals surface area contributed by atoms with Gasteiger partial charge in [-0.1, -0.05) is 0 Å². The smallest absolute Gasteiger partial charge is 0.191 e. The van der Waals surface area contributed by atoms with Crippen LogP contribution in [0.3, 0.4) is 0 Å². The Morgan fingerprint density at radius 2 is 2.20 bits per heavy atom. The van der Waals surface area contributed by atoms with Crippen LogP contribution in [0.25, 0.3) is 0 Å². The maximum atomic E-state index is 5.85. The Balaban J connectivity index is 2.56. The molecule has 0 unspecified atom stereocenters. The van der Waals surface area contributed by atoms with Gasteiger partial charge in [-0.15, -0.1) is 11.3 Å². The summed E-state index contributed by atoms with van der Waals surface area (Å²) in [5.74, 6) is 0.604. The Hall–Kier alpha value is -1.10. The number of nitrogens with two attached hydrogens (primary N) is 1. The number of aromatic nitrogens is 1. The van der Waals surface area contributed by atoms with E-state index in [1.165, 1.54) is 4.88 Å². The van der Waals surface area contributed by atoms with Crippen LogP contribution in [0.4, 0.5) is 0 Å². The van der Waals surface area contributed by atoms with Crippen LogP contribution in [0.5, 0.6) is 0 Å². The lowest BCUT2D eigenvalue weighted by atomic mass is 10.5. The van der Waals surface area contributed by atoms with Crippen molar-refractivity contribution in [2.45, 2.75) is 27.3 Å². The molecule has 0 spiro atoms. The standard InChI is InChI=1S/C10H18N4S/c1-4-14(5-2)10(11)13-7-9-12-6-8(3)15-9/h6H,4-5,7H2,1-3H3,(H2,11,13). The fraction of sp³-hybridized carbons (Fsp3) is 0.600. The quantitative estimate of drug-likeness (QED) is 0.627. The van der Waals surface area contributed by atoms with E-state index in [9.17, 15) is 0 Å². The molecule has 0 saturated carbocycles. The maximum Gasteiger partial charge on any atom is 0.191 e. The van der Waals surface area contributed by atoms with E-state index in [4.69, 9.17) is 5.73 Å². The first-order valence-electron chi connectivity index (χ1n) is 5.13. The summed E-state index contributed by atoms with van der Waals surface area (Å²) in [7, 11) is 0. The second kappa shape index (κ2) is 5.70. The Labute approximate surface area is 94.8 Å². The van der Waals surface area contributed by atoms with Gasteiger partial charge in [-0.25, -0.2) is 9.98 Å². The number of nitrogens with zero attached hydrogens (tertiary/aromatic N) is 3. The molecule has 2 N–H and O–H groups in total. The SMILES string of the molecule is CCN(CC)C(N)=NCc1ncc(C)s1. The minimum atomic E-state index is 0.584. The molecule has 84 valence electrons. The van der Waals surface area contributed by atoms with Gasteiger partial charge >= 0.3 is 0 Å². The average molecular weight is 226 g/mol. The van der Waals surface area contributed by atoms with Gasteiger partial charge in [0, 0.05) is 24.2 Å². The highest BCUT2D eigenvalue weighted by molar-refractivity contribution is 7.11. The lowest BCUT2D eigenvalue weighted by Crippen LogP contribution is -2.37. The molecule has 15 heavy (non-hydrogen) atoms. The van der Waals surface area contributed by atoms with Gasteiger partial charge in [-0.2, -0.15) is 0 Å². The first-order chi connectivity index (χ1) is 7.17. The van der Waals surface area contributed by atoms with Crippen molar-refractivity contribution in [1.82, 2.24) is 9.88 Å². The van der Waals surface area contributed by atoms with Crippen molar-refractivity contribution in [3.63, 3.8) is 0 Å². The summed E-state index contributed by atoms with van der Waals surface area (Å²) in [6, 6.07) is 0. The highest BCUT2D eigenvalue weighted by Gasteiger charge is 2.02. The topological polar surface area (TPSA) is 54.5 Å². The number of aryl methyl sites for hydroxylation is 1. The van der Waals surface area contributed by atoms with Crippen molar-refractivity contribution in [3.05, 3.63) is 16.1 Å². The van der Waals surface area contributed by atoms with E-state index in [0.717, 1.165) is 18.1 Å². The first kappa shape index (κ1) is 12.0. The number of guanidine groups is 1. The summed E-state index contributed by atoms with van der Waals surface area (Å²) in [6.45, 7) is 8.55. The molecule has 0 radical (unpaired) electrons. The molecule has 0 aromatic carbocycles. The maximum absolute atomic E-state index is 5.85. The molecule has 4 nitrogen and oxygen atoms in total. The first-order valence-corrected chi connectivity index (χ1v) is 5.95. The molecular weight excluding hydrogens is 208 g/mol. The van der Waals surface area contributed by atoms with E-state index in [1.54, 1.807) is 11.3 Å². The third-order valence-corrected chi connectivity index (χ3v) is 3.03. The molecular formula is C10H18N4S. The van der Waals surface area contributed by atoms with Crippen molar-refractivity contribution in [2.75, 3.05) is 13.1 Å². The molecule has 1 aromatic heterocycles. The summed E-state index contributed by atoms with van der Waals surface area (Å²) in [6.07, 6.45) is 1.86. The van der Waals surface area contributed by atoms with Crippen LogP contribution in [0.1, 0.15) is 23.7 Å². The lowest BCUT2D eigenvalue weighted by Gasteiger charge is -2.18. The highest BCUT2D eigenvalue weighted by Crippen LogP contribution is 2.11. The molecule has 0 amide bonds. The normalized spacial score (nSPS) is 11.8. The number of hydrogen-bond acceptors (Lipinski definition) is 3. The minimum absolute atomic E-state index is 0.584. The second-order valence-corrected chi connectivity index (χ2v) is 4.53. The van der Waals surface area contributed by atoms with Gasteiger partial charge in [0.1, 0.15) is 5.01 Å². The summed E-state index contributed by atoms with van der Waals surface area (Å²) in [4.78, 5) is 11.8. The Morgan fingerprint density at radius 1 is 1.53 bits per heavy atom. The molecule has 1 rings (SSSR count). The Bertz CT molecular complexity index is 328. The van der Waals surface area contributed by atoms with Gasteiger partial charge in [0.2, 0.25) is 0 Å². The van der Waals surface area contributed by atoms with Gasteiger partial charge in [0.25, 0.3) is 0 Å². The number of thiazole rings is 1. The summed E-state index contributed by atoms with van der Waals surface area (Å²) >= 11 is 1.66. The van der Waals surface area contributed by atoms with Crippen LogP contribution < -0.4 is 5.73 Å². The third-order valence-electron chi connectivity index (χ3n) is 2.13. The largest absolute Gasteiger partial charge is 0.370 e. The van der Waals surface area contributed by atoms with Crippen LogP contribution in [0.15, 0.2) is 11.2 Å². The number of aliphatic imine (C=N–C) groups is 1. The molecule has 0 saturated heterocycles. The second-order valence-electron chi connectivity index (χ2n) is 3.21. The lowest BCUT2D eigenvalue weighted by molar-refractivity contribution is 0.458. The molecule has 5 heteroatoms. The molecule has 1 heterocycles. The number of rotatable bonds is 4. The van der Waals surface area contributed by atoms with Gasteiger partial charge < -0.3 is 10.6 Å². The summed E-state index contributed by atoms with van der Waals surface area (Å²) < 4.78 is 0. The molecule has 1 aromatic rings. The van der Waals surface area contributed by atoms with Gasteiger partial charge in [-0.3, -0.25) is 0 Å². The van der Waals surface area contributed by atoms with E-state index in [2.05, 4.69) is 23.8 Å².